The van der Waals surface area contributed by atoms with Gasteiger partial charge in [0.05, 0.1) is 6.54 Å². The Morgan fingerprint density at radius 3 is 1.93 bits per heavy atom. The minimum absolute atomic E-state index is 0.169. The molecule has 0 spiro atoms. The van der Waals surface area contributed by atoms with Crippen molar-refractivity contribution in [2.45, 2.75) is 82.5 Å². The average molecular weight is 568 g/mol. The minimum atomic E-state index is -1.31. The first kappa shape index (κ1) is 32.0. The van der Waals surface area contributed by atoms with Gasteiger partial charge in [0, 0.05) is 32.9 Å². The molecule has 0 radical (unpaired) electrons. The largest absolute Gasteiger partial charge is 0.480 e. The third kappa shape index (κ3) is 9.20. The van der Waals surface area contributed by atoms with Gasteiger partial charge in [-0.05, 0) is 38.5 Å². The number of rotatable bonds is 14. The Hall–Kier alpha value is -4.24. The van der Waals surface area contributed by atoms with Crippen molar-refractivity contribution in [3.63, 3.8) is 0 Å². The van der Waals surface area contributed by atoms with Crippen molar-refractivity contribution < 1.29 is 43.5 Å². The molecule has 2 rings (SSSR count). The van der Waals surface area contributed by atoms with Crippen LogP contribution in [0.4, 0.5) is 0 Å². The van der Waals surface area contributed by atoms with Crippen LogP contribution in [-0.4, -0.2) is 106 Å². The van der Waals surface area contributed by atoms with Gasteiger partial charge in [-0.2, -0.15) is 0 Å². The lowest BCUT2D eigenvalue weighted by Crippen LogP contribution is -2.58. The van der Waals surface area contributed by atoms with Crippen LogP contribution in [0.3, 0.4) is 0 Å². The summed E-state index contributed by atoms with van der Waals surface area (Å²) in [6, 6.07) is -4.55. The van der Waals surface area contributed by atoms with Crippen molar-refractivity contribution >= 4 is 47.3 Å². The number of amides is 7. The Morgan fingerprint density at radius 1 is 0.825 bits per heavy atom. The maximum absolute atomic E-state index is 13.6. The second-order valence-electron chi connectivity index (χ2n) is 9.82. The number of nitrogens with zero attached hydrogens (tertiary/aromatic N) is 2. The average Bonchev–Trinajstić information content (AvgIpc) is 3.57. The van der Waals surface area contributed by atoms with E-state index in [9.17, 15) is 43.5 Å². The van der Waals surface area contributed by atoms with Crippen LogP contribution in [0.2, 0.25) is 0 Å². The Bertz CT molecular complexity index is 1030. The Kier molecular flexibility index (Phi) is 11.8. The second-order valence-corrected chi connectivity index (χ2v) is 9.82. The maximum Gasteiger partial charge on any atom is 0.326 e. The number of carbonyl (C=O) groups is 8. The molecule has 40 heavy (non-hydrogen) atoms. The lowest BCUT2D eigenvalue weighted by Gasteiger charge is -2.32. The van der Waals surface area contributed by atoms with Gasteiger partial charge >= 0.3 is 5.97 Å². The first-order chi connectivity index (χ1) is 18.8. The van der Waals surface area contributed by atoms with Gasteiger partial charge in [-0.15, -0.1) is 0 Å². The minimum Gasteiger partial charge on any atom is -0.480 e. The van der Waals surface area contributed by atoms with Gasteiger partial charge in [0.1, 0.15) is 24.2 Å². The molecule has 0 aromatic heterocycles. The third-order valence-electron chi connectivity index (χ3n) is 6.76. The van der Waals surface area contributed by atoms with Crippen molar-refractivity contribution in [3.05, 3.63) is 0 Å². The molecule has 2 aliphatic rings. The fraction of sp³-hybridized carbons (Fsp3) is 0.667. The fourth-order valence-corrected chi connectivity index (χ4v) is 4.79. The molecule has 2 saturated heterocycles. The first-order valence-electron chi connectivity index (χ1n) is 13.1. The van der Waals surface area contributed by atoms with Gasteiger partial charge in [-0.3, -0.25) is 33.6 Å². The second kappa shape index (κ2) is 14.8. The number of carbonyl (C=O) groups excluding carboxylic acids is 7. The van der Waals surface area contributed by atoms with Gasteiger partial charge in [0.15, 0.2) is 0 Å². The molecule has 2 heterocycles. The molecular weight excluding hydrogens is 530 g/mol. The van der Waals surface area contributed by atoms with Crippen LogP contribution in [-0.2, 0) is 38.4 Å². The summed E-state index contributed by atoms with van der Waals surface area (Å²) in [5.74, 6) is -5.85. The Morgan fingerprint density at radius 2 is 1.38 bits per heavy atom. The Labute approximate surface area is 230 Å². The predicted octanol–water partition coefficient (Wildman–Crippen LogP) is -3.31. The smallest absolute Gasteiger partial charge is 0.326 e. The zero-order chi connectivity index (χ0) is 30.0. The van der Waals surface area contributed by atoms with Crippen LogP contribution in [0.1, 0.15) is 58.3 Å². The highest BCUT2D eigenvalue weighted by Gasteiger charge is 2.43. The number of nitrogens with two attached hydrogens (primary N) is 2. The highest BCUT2D eigenvalue weighted by atomic mass is 16.4. The van der Waals surface area contributed by atoms with Crippen LogP contribution in [0.15, 0.2) is 0 Å². The zero-order valence-electron chi connectivity index (χ0n) is 22.3. The molecule has 0 aromatic carbocycles. The number of carboxylic acid groups (broad SMARTS) is 1. The lowest BCUT2D eigenvalue weighted by atomic mass is 10.1. The molecule has 7 amide bonds. The predicted molar refractivity (Wildman–Crippen MR) is 137 cm³/mol. The van der Waals surface area contributed by atoms with Crippen molar-refractivity contribution in [2.24, 2.45) is 11.5 Å². The zero-order valence-corrected chi connectivity index (χ0v) is 22.3. The highest BCUT2D eigenvalue weighted by molar-refractivity contribution is 5.96. The SMILES string of the molecule is CC(=O)NCC(=O)N[C@@H](CCC(N)=O)C(=O)N[C@@H](CCC(N)=O)C(=O)N1CCC[C@H]1C(=O)N1CCC[C@H]1C(=O)O. The number of likely N-dealkylation sites (tertiary alicyclic amines) is 2. The number of carboxylic acids is 1. The normalized spacial score (nSPS) is 19.8. The van der Waals surface area contributed by atoms with E-state index in [1.54, 1.807) is 0 Å². The molecule has 0 aromatic rings. The van der Waals surface area contributed by atoms with Crippen molar-refractivity contribution in [1.29, 1.82) is 0 Å². The fourth-order valence-electron chi connectivity index (χ4n) is 4.79. The van der Waals surface area contributed by atoms with Crippen molar-refractivity contribution in [2.75, 3.05) is 19.6 Å². The van der Waals surface area contributed by atoms with E-state index in [0.29, 0.717) is 25.7 Å². The summed E-state index contributed by atoms with van der Waals surface area (Å²) in [6.45, 7) is 1.17. The summed E-state index contributed by atoms with van der Waals surface area (Å²) >= 11 is 0. The van der Waals surface area contributed by atoms with Crippen LogP contribution in [0.25, 0.3) is 0 Å². The van der Waals surface area contributed by atoms with Gasteiger partial charge < -0.3 is 42.3 Å². The van der Waals surface area contributed by atoms with Gasteiger partial charge in [-0.1, -0.05) is 0 Å². The lowest BCUT2D eigenvalue weighted by molar-refractivity contribution is -0.152. The van der Waals surface area contributed by atoms with E-state index in [2.05, 4.69) is 16.0 Å². The summed E-state index contributed by atoms with van der Waals surface area (Å²) in [5.41, 5.74) is 10.4. The van der Waals surface area contributed by atoms with Gasteiger partial charge in [-0.25, -0.2) is 4.79 Å². The summed E-state index contributed by atoms with van der Waals surface area (Å²) in [6.07, 6.45) is 0.607. The summed E-state index contributed by atoms with van der Waals surface area (Å²) < 4.78 is 0. The molecule has 2 aliphatic heterocycles. The van der Waals surface area contributed by atoms with E-state index in [1.807, 2.05) is 0 Å². The molecule has 8 N–H and O–H groups in total. The topological polar surface area (TPSA) is 251 Å². The van der Waals surface area contributed by atoms with Crippen molar-refractivity contribution in [3.8, 4) is 0 Å². The quantitative estimate of drug-likeness (QED) is 0.123. The van der Waals surface area contributed by atoms with Crippen LogP contribution < -0.4 is 27.4 Å². The van der Waals surface area contributed by atoms with Crippen LogP contribution in [0.5, 0.6) is 0 Å². The van der Waals surface area contributed by atoms with E-state index < -0.39 is 78.0 Å². The number of aliphatic carboxylic acids is 1. The van der Waals surface area contributed by atoms with E-state index in [1.165, 1.54) is 16.7 Å². The monoisotopic (exact) mass is 567 g/mol. The number of nitrogens with one attached hydrogen (secondary N) is 3. The molecule has 0 aliphatic carbocycles. The summed E-state index contributed by atoms with van der Waals surface area (Å²) in [7, 11) is 0. The maximum atomic E-state index is 13.6. The van der Waals surface area contributed by atoms with Crippen LogP contribution in [0, 0.1) is 0 Å². The molecule has 222 valence electrons. The summed E-state index contributed by atoms with van der Waals surface area (Å²) in [5, 5.41) is 16.6. The molecule has 0 saturated carbocycles. The number of hydrogen-bond donors (Lipinski definition) is 6. The van der Waals surface area contributed by atoms with E-state index in [4.69, 9.17) is 11.5 Å². The van der Waals surface area contributed by atoms with Crippen LogP contribution >= 0.6 is 0 Å². The van der Waals surface area contributed by atoms with Gasteiger partial charge in [0.25, 0.3) is 0 Å². The third-order valence-corrected chi connectivity index (χ3v) is 6.76. The Balaban J connectivity index is 2.21. The van der Waals surface area contributed by atoms with E-state index >= 15 is 0 Å². The molecule has 16 nitrogen and oxygen atoms in total. The number of hydrogen-bond acceptors (Lipinski definition) is 8. The molecule has 0 bridgehead atoms. The standard InChI is InChI=1S/C24H37N7O9/c1-13(32)27-12-20(35)28-14(6-8-18(25)33)21(36)29-15(7-9-19(26)34)22(37)30-10-2-4-16(30)23(38)31-11-3-5-17(31)24(39)40/h14-17H,2-12H2,1H3,(H2,25,33)(H2,26,34)(H,27,32)(H,28,35)(H,29,36)(H,39,40)/t14-,15-,16-,17-/m0/s1. The molecule has 0 unspecified atom stereocenters. The molecule has 16 heteroatoms. The van der Waals surface area contributed by atoms with E-state index in [-0.39, 0.29) is 38.8 Å². The molecule has 4 atom stereocenters. The first-order valence-corrected chi connectivity index (χ1v) is 13.1. The molecular formula is C24H37N7O9. The van der Waals surface area contributed by atoms with Crippen molar-refractivity contribution in [1.82, 2.24) is 25.8 Å². The summed E-state index contributed by atoms with van der Waals surface area (Å²) in [4.78, 5) is 100. The van der Waals surface area contributed by atoms with E-state index in [0.717, 1.165) is 0 Å². The highest BCUT2D eigenvalue weighted by Crippen LogP contribution is 2.26. The number of primary amides is 2. The van der Waals surface area contributed by atoms with Gasteiger partial charge in [0.2, 0.25) is 41.4 Å². The molecule has 2 fully saturated rings.